The van der Waals surface area contributed by atoms with Crippen LogP contribution in [0.25, 0.3) is 0 Å². The van der Waals surface area contributed by atoms with Crippen LogP contribution in [0.1, 0.15) is 154 Å². The number of phosphoric ester groups is 1. The molecule has 0 aliphatic carbocycles. The lowest BCUT2D eigenvalue weighted by Crippen LogP contribution is -2.37. The number of rotatable bonds is 37. The molecule has 0 saturated carbocycles. The topological polar surface area (TPSA) is 181 Å². The fraction of sp³-hybridized carbons (Fsp3) is 0.805. The SMILES string of the molecule is CCCCCCCCCCCCCC(=O)OC[C@@H](COP(=O)(O)OCC[N+](C)(C)C)OC(=O)CCCCCCCCCCCOCc1cc([N+](=O)[O-])cc(I)c1O. The second-order valence-corrected chi connectivity index (χ2v) is 18.5. The molecule has 0 radical (unpaired) electrons. The minimum Gasteiger partial charge on any atom is -0.506 e. The lowest BCUT2D eigenvalue weighted by atomic mass is 10.1. The Balaban J connectivity index is 2.30. The van der Waals surface area contributed by atoms with Crippen LogP contribution in [0.2, 0.25) is 0 Å². The molecule has 14 nitrogen and oxygen atoms in total. The van der Waals surface area contributed by atoms with E-state index >= 15 is 0 Å². The molecule has 0 bridgehead atoms. The Morgan fingerprint density at radius 3 is 1.81 bits per heavy atom. The van der Waals surface area contributed by atoms with E-state index in [1.807, 2.05) is 43.7 Å². The van der Waals surface area contributed by atoms with E-state index in [2.05, 4.69) is 6.92 Å². The van der Waals surface area contributed by atoms with Gasteiger partial charge in [-0.05, 0) is 41.9 Å². The predicted octanol–water partition coefficient (Wildman–Crippen LogP) is 10.3. The average Bonchev–Trinajstić information content (AvgIpc) is 3.14. The number of benzene rings is 1. The smallest absolute Gasteiger partial charge is 0.472 e. The molecule has 0 spiro atoms. The number of halogens is 1. The zero-order valence-corrected chi connectivity index (χ0v) is 38.3. The molecule has 0 saturated heterocycles. The third kappa shape index (κ3) is 29.9. The van der Waals surface area contributed by atoms with E-state index in [9.17, 15) is 34.3 Å². The van der Waals surface area contributed by atoms with Crippen molar-refractivity contribution in [3.8, 4) is 5.75 Å². The maximum atomic E-state index is 12.7. The summed E-state index contributed by atoms with van der Waals surface area (Å²) >= 11 is 1.87. The number of likely N-dealkylation sites (N-methyl/N-ethyl adjacent to an activating group) is 1. The van der Waals surface area contributed by atoms with Crippen LogP contribution in [0, 0.1) is 13.7 Å². The van der Waals surface area contributed by atoms with Crippen molar-refractivity contribution in [2.75, 3.05) is 54.1 Å². The molecule has 330 valence electrons. The van der Waals surface area contributed by atoms with Crippen LogP contribution in [-0.4, -0.2) is 91.6 Å². The maximum absolute atomic E-state index is 12.7. The standard InChI is InChI=1S/C41H72IN2O12P/c1-5-6-7-8-9-10-11-13-16-19-22-25-39(45)53-33-37(34-55-57(50,51)54-29-27-44(2,3)4)56-40(46)26-23-20-17-14-12-15-18-21-24-28-52-32-35-30-36(43(48)49)31-38(42)41(35)47/h30-31,37H,5-29,32-34H2,1-4H3,(H-,47,50,51)/p+1/t37-/m0/s1. The van der Waals surface area contributed by atoms with Crippen molar-refractivity contribution >= 4 is 48.0 Å². The number of unbranched alkanes of at least 4 members (excludes halogenated alkanes) is 18. The van der Waals surface area contributed by atoms with Crippen molar-refractivity contribution < 1.29 is 56.8 Å². The largest absolute Gasteiger partial charge is 0.506 e. The molecule has 0 aliphatic rings. The maximum Gasteiger partial charge on any atom is 0.472 e. The molecule has 0 amide bonds. The number of hydrogen-bond acceptors (Lipinski definition) is 11. The van der Waals surface area contributed by atoms with Gasteiger partial charge in [-0.25, -0.2) is 4.57 Å². The zero-order chi connectivity index (χ0) is 42.4. The number of phosphoric acid groups is 1. The summed E-state index contributed by atoms with van der Waals surface area (Å²) in [5.41, 5.74) is 0.339. The van der Waals surface area contributed by atoms with Crippen LogP contribution in [0.15, 0.2) is 12.1 Å². The van der Waals surface area contributed by atoms with Crippen LogP contribution in [0.3, 0.4) is 0 Å². The number of carbonyl (C=O) groups excluding carboxylic acids is 2. The normalized spacial score (nSPS) is 13.3. The van der Waals surface area contributed by atoms with Crippen molar-refractivity contribution in [1.82, 2.24) is 0 Å². The summed E-state index contributed by atoms with van der Waals surface area (Å²) in [6.45, 7) is 2.63. The van der Waals surface area contributed by atoms with Gasteiger partial charge in [-0.2, -0.15) is 0 Å². The Morgan fingerprint density at radius 1 is 0.772 bits per heavy atom. The molecular weight excluding hydrogens is 870 g/mol. The first-order valence-corrected chi connectivity index (χ1v) is 23.7. The second-order valence-electron chi connectivity index (χ2n) is 15.9. The van der Waals surface area contributed by atoms with Gasteiger partial charge in [-0.1, -0.05) is 116 Å². The second kappa shape index (κ2) is 32.0. The number of quaternary nitrogens is 1. The molecule has 1 rings (SSSR count). The van der Waals surface area contributed by atoms with Crippen LogP contribution >= 0.6 is 30.4 Å². The molecule has 0 fully saturated rings. The number of phenolic OH excluding ortho intramolecular Hbond substituents is 1. The van der Waals surface area contributed by atoms with Gasteiger partial charge in [-0.3, -0.25) is 28.8 Å². The third-order valence-corrected chi connectivity index (χ3v) is 11.2. The van der Waals surface area contributed by atoms with Crippen LogP contribution in [0.4, 0.5) is 5.69 Å². The van der Waals surface area contributed by atoms with Gasteiger partial charge in [0.05, 0.1) is 42.9 Å². The summed E-state index contributed by atoms with van der Waals surface area (Å²) in [5, 5.41) is 21.2. The quantitative estimate of drug-likeness (QED) is 0.0123. The third-order valence-electron chi connectivity index (χ3n) is 9.42. The number of non-ortho nitro benzene ring substituents is 1. The van der Waals surface area contributed by atoms with Crippen molar-refractivity contribution in [3.05, 3.63) is 31.4 Å². The average molecular weight is 944 g/mol. The highest BCUT2D eigenvalue weighted by Gasteiger charge is 2.27. The number of esters is 2. The minimum absolute atomic E-state index is 0.00352. The first-order valence-electron chi connectivity index (χ1n) is 21.1. The summed E-state index contributed by atoms with van der Waals surface area (Å²) in [6.07, 6.45) is 20.9. The van der Waals surface area contributed by atoms with E-state index in [0.29, 0.717) is 33.2 Å². The van der Waals surface area contributed by atoms with E-state index in [1.54, 1.807) is 0 Å². The number of nitro benzene ring substituents is 1. The molecule has 0 heterocycles. The van der Waals surface area contributed by atoms with Crippen molar-refractivity contribution in [3.63, 3.8) is 0 Å². The van der Waals surface area contributed by atoms with Gasteiger partial charge in [0.1, 0.15) is 25.5 Å². The molecular formula is C41H73IN2O12P+. The Labute approximate surface area is 355 Å². The summed E-state index contributed by atoms with van der Waals surface area (Å²) < 4.78 is 40.2. The number of ether oxygens (including phenoxy) is 3. The summed E-state index contributed by atoms with van der Waals surface area (Å²) in [4.78, 5) is 45.9. The van der Waals surface area contributed by atoms with Crippen LogP contribution in [0.5, 0.6) is 5.75 Å². The first-order chi connectivity index (χ1) is 27.1. The van der Waals surface area contributed by atoms with E-state index in [4.69, 9.17) is 23.3 Å². The van der Waals surface area contributed by atoms with Gasteiger partial charge < -0.3 is 28.7 Å². The van der Waals surface area contributed by atoms with Crippen LogP contribution < -0.4 is 0 Å². The minimum atomic E-state index is -4.41. The summed E-state index contributed by atoms with van der Waals surface area (Å²) in [7, 11) is 1.38. The Bertz CT molecular complexity index is 1310. The highest BCUT2D eigenvalue weighted by atomic mass is 127. The van der Waals surface area contributed by atoms with E-state index in [0.717, 1.165) is 77.0 Å². The van der Waals surface area contributed by atoms with Crippen molar-refractivity contribution in [2.45, 2.75) is 161 Å². The monoisotopic (exact) mass is 943 g/mol. The number of carbonyl (C=O) groups is 2. The molecule has 16 heteroatoms. The highest BCUT2D eigenvalue weighted by Crippen LogP contribution is 2.43. The highest BCUT2D eigenvalue weighted by molar-refractivity contribution is 14.1. The summed E-state index contributed by atoms with van der Waals surface area (Å²) in [6, 6.07) is 2.67. The van der Waals surface area contributed by atoms with Gasteiger partial charge >= 0.3 is 19.8 Å². The number of hydrogen-bond donors (Lipinski definition) is 2. The Kier molecular flexibility index (Phi) is 29.8. The van der Waals surface area contributed by atoms with E-state index < -0.39 is 37.4 Å². The molecule has 0 aliphatic heterocycles. The summed E-state index contributed by atoms with van der Waals surface area (Å²) in [5.74, 6) is -0.871. The van der Waals surface area contributed by atoms with Crippen LogP contribution in [-0.2, 0) is 44.0 Å². The van der Waals surface area contributed by atoms with Gasteiger partial charge in [0.25, 0.3) is 5.69 Å². The van der Waals surface area contributed by atoms with Crippen molar-refractivity contribution in [2.24, 2.45) is 0 Å². The van der Waals surface area contributed by atoms with Gasteiger partial charge in [-0.15, -0.1) is 0 Å². The lowest BCUT2D eigenvalue weighted by Gasteiger charge is -2.24. The fourth-order valence-corrected chi connectivity index (χ4v) is 7.35. The molecule has 57 heavy (non-hydrogen) atoms. The van der Waals surface area contributed by atoms with E-state index in [-0.39, 0.29) is 44.1 Å². The molecule has 1 aromatic rings. The molecule has 1 unspecified atom stereocenters. The zero-order valence-electron chi connectivity index (χ0n) is 35.2. The molecule has 0 aromatic heterocycles. The van der Waals surface area contributed by atoms with E-state index in [1.165, 1.54) is 57.1 Å². The molecule has 2 N–H and O–H groups in total. The Morgan fingerprint density at radius 2 is 1.28 bits per heavy atom. The number of nitrogens with zero attached hydrogens (tertiary/aromatic N) is 2. The number of nitro groups is 1. The van der Waals surface area contributed by atoms with Gasteiger partial charge in [0.2, 0.25) is 0 Å². The fourth-order valence-electron chi connectivity index (χ4n) is 5.95. The predicted molar refractivity (Wildman–Crippen MR) is 230 cm³/mol. The number of aromatic hydroxyl groups is 1. The Hall–Kier alpha value is -1.88. The molecule has 1 aromatic carbocycles. The van der Waals surface area contributed by atoms with Gasteiger partial charge in [0.15, 0.2) is 6.10 Å². The molecule has 2 atom stereocenters. The van der Waals surface area contributed by atoms with Crippen molar-refractivity contribution in [1.29, 1.82) is 0 Å². The first kappa shape index (κ1) is 53.1. The number of phenols is 1. The lowest BCUT2D eigenvalue weighted by molar-refractivity contribution is -0.870. The van der Waals surface area contributed by atoms with Gasteiger partial charge in [0, 0.05) is 37.1 Å².